The highest BCUT2D eigenvalue weighted by molar-refractivity contribution is 5.95. The van der Waals surface area contributed by atoms with E-state index in [4.69, 9.17) is 6.42 Å². The Balaban J connectivity index is 2.02. The summed E-state index contributed by atoms with van der Waals surface area (Å²) < 4.78 is 0. The molecule has 21 heavy (non-hydrogen) atoms. The van der Waals surface area contributed by atoms with Gasteiger partial charge in [-0.15, -0.1) is 6.42 Å². The third-order valence-electron chi connectivity index (χ3n) is 3.87. The summed E-state index contributed by atoms with van der Waals surface area (Å²) in [6.07, 6.45) is 6.20. The van der Waals surface area contributed by atoms with Crippen LogP contribution in [0.1, 0.15) is 15.9 Å². The average molecular weight is 285 g/mol. The molecule has 0 spiro atoms. The van der Waals surface area contributed by atoms with Crippen LogP contribution in [-0.4, -0.2) is 62.0 Å². The van der Waals surface area contributed by atoms with Crippen molar-refractivity contribution in [1.82, 2.24) is 15.1 Å². The summed E-state index contributed by atoms with van der Waals surface area (Å²) in [6, 6.07) is 7.90. The molecule has 1 aliphatic rings. The van der Waals surface area contributed by atoms with Gasteiger partial charge in [0.15, 0.2) is 0 Å². The van der Waals surface area contributed by atoms with Gasteiger partial charge >= 0.3 is 0 Å². The number of carbonyl (C=O) groups is 1. The minimum Gasteiger partial charge on any atom is -0.336 e. The topological polar surface area (TPSA) is 35.6 Å². The van der Waals surface area contributed by atoms with Gasteiger partial charge in [0.2, 0.25) is 0 Å². The Morgan fingerprint density at radius 3 is 2.67 bits per heavy atom. The van der Waals surface area contributed by atoms with Crippen molar-refractivity contribution in [3.63, 3.8) is 0 Å². The van der Waals surface area contributed by atoms with Gasteiger partial charge in [0, 0.05) is 31.7 Å². The molecule has 112 valence electrons. The Kier molecular flexibility index (Phi) is 5.79. The van der Waals surface area contributed by atoms with Gasteiger partial charge in [-0.3, -0.25) is 9.69 Å². The van der Waals surface area contributed by atoms with Crippen molar-refractivity contribution in [2.45, 2.75) is 6.42 Å². The number of hydrogen-bond donors (Lipinski definition) is 1. The maximum atomic E-state index is 12.7. The molecule has 4 nitrogen and oxygen atoms in total. The minimum absolute atomic E-state index is 0.141. The Bertz CT molecular complexity index is 513. The molecule has 0 atom stereocenters. The van der Waals surface area contributed by atoms with Crippen LogP contribution < -0.4 is 5.32 Å². The van der Waals surface area contributed by atoms with Crippen LogP contribution in [0.15, 0.2) is 24.3 Å². The predicted molar refractivity (Wildman–Crippen MR) is 85.2 cm³/mol. The Labute approximate surface area is 127 Å². The quantitative estimate of drug-likeness (QED) is 0.814. The van der Waals surface area contributed by atoms with E-state index in [-0.39, 0.29) is 5.91 Å². The minimum atomic E-state index is 0.141. The highest BCUT2D eigenvalue weighted by Crippen LogP contribution is 2.14. The molecule has 1 aliphatic heterocycles. The summed E-state index contributed by atoms with van der Waals surface area (Å²) in [4.78, 5) is 16.8. The second-order valence-electron chi connectivity index (χ2n) is 5.28. The first kappa shape index (κ1) is 15.6. The van der Waals surface area contributed by atoms with Gasteiger partial charge in [-0.05, 0) is 31.6 Å². The van der Waals surface area contributed by atoms with E-state index in [1.54, 1.807) is 0 Å². The zero-order chi connectivity index (χ0) is 15.1. The monoisotopic (exact) mass is 285 g/mol. The highest BCUT2D eigenvalue weighted by atomic mass is 16.2. The number of nitrogens with one attached hydrogen (secondary N) is 1. The lowest BCUT2D eigenvalue weighted by molar-refractivity contribution is 0.0651. The summed E-state index contributed by atoms with van der Waals surface area (Å²) in [6.45, 7) is 4.76. The van der Waals surface area contributed by atoms with Crippen molar-refractivity contribution >= 4 is 5.91 Å². The second-order valence-corrected chi connectivity index (χ2v) is 5.28. The van der Waals surface area contributed by atoms with E-state index in [1.807, 2.05) is 36.2 Å². The van der Waals surface area contributed by atoms with Crippen LogP contribution >= 0.6 is 0 Å². The van der Waals surface area contributed by atoms with Crippen molar-refractivity contribution in [3.05, 3.63) is 35.4 Å². The van der Waals surface area contributed by atoms with Crippen LogP contribution in [-0.2, 0) is 6.42 Å². The van der Waals surface area contributed by atoms with Crippen molar-refractivity contribution in [3.8, 4) is 12.3 Å². The van der Waals surface area contributed by atoms with Crippen LogP contribution in [0.5, 0.6) is 0 Å². The van der Waals surface area contributed by atoms with Gasteiger partial charge in [-0.2, -0.15) is 0 Å². The molecule has 1 amide bonds. The van der Waals surface area contributed by atoms with Gasteiger partial charge in [-0.25, -0.2) is 0 Å². The van der Waals surface area contributed by atoms with E-state index in [2.05, 4.69) is 16.1 Å². The third-order valence-corrected chi connectivity index (χ3v) is 3.87. The van der Waals surface area contributed by atoms with Gasteiger partial charge in [-0.1, -0.05) is 24.1 Å². The number of nitrogens with zero attached hydrogens (tertiary/aromatic N) is 2. The Morgan fingerprint density at radius 1 is 1.29 bits per heavy atom. The summed E-state index contributed by atoms with van der Waals surface area (Å²) in [7, 11) is 1.93. The summed E-state index contributed by atoms with van der Waals surface area (Å²) in [5.74, 6) is 2.80. The number of rotatable bonds is 5. The first-order chi connectivity index (χ1) is 10.3. The van der Waals surface area contributed by atoms with Crippen LogP contribution in [0.3, 0.4) is 0 Å². The molecule has 0 radical (unpaired) electrons. The molecule has 1 fully saturated rings. The summed E-state index contributed by atoms with van der Waals surface area (Å²) >= 11 is 0. The summed E-state index contributed by atoms with van der Waals surface area (Å²) in [5.41, 5.74) is 1.95. The molecule has 0 aliphatic carbocycles. The fraction of sp³-hybridized carbons (Fsp3) is 0.471. The molecule has 1 heterocycles. The summed E-state index contributed by atoms with van der Waals surface area (Å²) in [5, 5.41) is 3.13. The molecule has 1 N–H and O–H groups in total. The van der Waals surface area contributed by atoms with Gasteiger partial charge in [0.25, 0.3) is 5.91 Å². The fourth-order valence-corrected chi connectivity index (χ4v) is 2.62. The first-order valence-corrected chi connectivity index (χ1v) is 7.44. The molecular formula is C17H23N3O. The fourth-order valence-electron chi connectivity index (χ4n) is 2.62. The highest BCUT2D eigenvalue weighted by Gasteiger charge is 2.22. The molecule has 2 rings (SSSR count). The normalized spacial score (nSPS) is 15.7. The van der Waals surface area contributed by atoms with E-state index >= 15 is 0 Å². The lowest BCUT2D eigenvalue weighted by Crippen LogP contribution is -2.48. The number of amides is 1. The zero-order valence-corrected chi connectivity index (χ0v) is 12.6. The number of piperazine rings is 1. The smallest absolute Gasteiger partial charge is 0.254 e. The Morgan fingerprint density at radius 2 is 2.00 bits per heavy atom. The van der Waals surface area contributed by atoms with Crippen LogP contribution in [0.4, 0.5) is 0 Å². The van der Waals surface area contributed by atoms with Crippen molar-refractivity contribution in [2.24, 2.45) is 0 Å². The predicted octanol–water partition coefficient (Wildman–Crippen LogP) is 0.840. The molecule has 0 aromatic heterocycles. The molecular weight excluding hydrogens is 262 g/mol. The van der Waals surface area contributed by atoms with Gasteiger partial charge < -0.3 is 10.2 Å². The molecule has 1 aromatic rings. The van der Waals surface area contributed by atoms with Crippen molar-refractivity contribution in [2.75, 3.05) is 46.3 Å². The second kappa shape index (κ2) is 7.82. The lowest BCUT2D eigenvalue weighted by Gasteiger charge is -2.34. The van der Waals surface area contributed by atoms with E-state index < -0.39 is 0 Å². The molecule has 1 saturated heterocycles. The standard InChI is InChI=1S/C17H23N3O/c1-3-10-19-11-13-20(14-12-19)17(21)16-7-5-4-6-15(16)8-9-18-2/h1,4-7,18H,8-14H2,2H3. The van der Waals surface area contributed by atoms with E-state index in [0.29, 0.717) is 6.54 Å². The Hall–Kier alpha value is -1.83. The van der Waals surface area contributed by atoms with Crippen LogP contribution in [0.25, 0.3) is 0 Å². The molecule has 4 heteroatoms. The van der Waals surface area contributed by atoms with Crippen molar-refractivity contribution < 1.29 is 4.79 Å². The SMILES string of the molecule is C#CCN1CCN(C(=O)c2ccccc2CCNC)CC1. The van der Waals surface area contributed by atoms with E-state index in [9.17, 15) is 4.79 Å². The first-order valence-electron chi connectivity index (χ1n) is 7.44. The van der Waals surface area contributed by atoms with Crippen LogP contribution in [0, 0.1) is 12.3 Å². The number of hydrogen-bond acceptors (Lipinski definition) is 3. The molecule has 0 bridgehead atoms. The maximum Gasteiger partial charge on any atom is 0.254 e. The number of terminal acetylenes is 1. The van der Waals surface area contributed by atoms with Gasteiger partial charge in [0.1, 0.15) is 0 Å². The van der Waals surface area contributed by atoms with Crippen LogP contribution in [0.2, 0.25) is 0 Å². The van der Waals surface area contributed by atoms with Gasteiger partial charge in [0.05, 0.1) is 6.54 Å². The number of carbonyl (C=O) groups excluding carboxylic acids is 1. The molecule has 0 unspecified atom stereocenters. The van der Waals surface area contributed by atoms with E-state index in [1.165, 1.54) is 0 Å². The van der Waals surface area contributed by atoms with Crippen molar-refractivity contribution in [1.29, 1.82) is 0 Å². The number of benzene rings is 1. The lowest BCUT2D eigenvalue weighted by atomic mass is 10.0. The molecule has 0 saturated carbocycles. The number of likely N-dealkylation sites (N-methyl/N-ethyl adjacent to an activating group) is 1. The van der Waals surface area contributed by atoms with E-state index in [0.717, 1.165) is 50.3 Å². The maximum absolute atomic E-state index is 12.7. The third kappa shape index (κ3) is 4.07. The zero-order valence-electron chi connectivity index (χ0n) is 12.6. The average Bonchev–Trinajstić information content (AvgIpc) is 2.53. The molecule has 1 aromatic carbocycles. The largest absolute Gasteiger partial charge is 0.336 e.